The highest BCUT2D eigenvalue weighted by Crippen LogP contribution is 2.24. The average molecular weight is 367 g/mol. The Hall–Kier alpha value is -2.86. The van der Waals surface area contributed by atoms with Crippen molar-refractivity contribution in [3.63, 3.8) is 0 Å². The van der Waals surface area contributed by atoms with Gasteiger partial charge < -0.3 is 15.4 Å². The number of carbonyl (C=O) groups excluding carboxylic acids is 1. The number of aryl methyl sites for hydroxylation is 2. The van der Waals surface area contributed by atoms with E-state index in [1.807, 2.05) is 61.7 Å². The molecule has 6 heteroatoms. The number of hydrogen-bond donors (Lipinski definition) is 2. The van der Waals surface area contributed by atoms with Crippen molar-refractivity contribution in [1.29, 1.82) is 0 Å². The molecular weight excluding hydrogens is 346 g/mol. The Morgan fingerprint density at radius 1 is 1.15 bits per heavy atom. The summed E-state index contributed by atoms with van der Waals surface area (Å²) in [6.07, 6.45) is 0. The topological polar surface area (TPSA) is 63.2 Å². The third kappa shape index (κ3) is 4.40. The summed E-state index contributed by atoms with van der Waals surface area (Å²) in [7, 11) is 1.64. The van der Waals surface area contributed by atoms with E-state index in [1.165, 1.54) is 11.3 Å². The molecule has 0 radical (unpaired) electrons. The molecular formula is C20H21N3O2S. The van der Waals surface area contributed by atoms with Crippen molar-refractivity contribution >= 4 is 23.1 Å². The Morgan fingerprint density at radius 2 is 1.92 bits per heavy atom. The molecule has 0 saturated carbocycles. The lowest BCUT2D eigenvalue weighted by molar-refractivity contribution is 0.251. The number of hydrogen-bond acceptors (Lipinski definition) is 4. The van der Waals surface area contributed by atoms with Gasteiger partial charge >= 0.3 is 6.03 Å². The lowest BCUT2D eigenvalue weighted by Gasteiger charge is -2.10. The largest absolute Gasteiger partial charge is 0.497 e. The fraction of sp³-hybridized carbons (Fsp3) is 0.200. The van der Waals surface area contributed by atoms with Crippen LogP contribution in [0.15, 0.2) is 47.8 Å². The van der Waals surface area contributed by atoms with E-state index in [0.717, 1.165) is 38.8 Å². The number of aromatic nitrogens is 1. The number of nitrogens with one attached hydrogen (secondary N) is 2. The van der Waals surface area contributed by atoms with E-state index in [0.29, 0.717) is 6.54 Å². The summed E-state index contributed by atoms with van der Waals surface area (Å²) >= 11 is 1.52. The third-order valence-electron chi connectivity index (χ3n) is 3.98. The smallest absolute Gasteiger partial charge is 0.319 e. The molecule has 0 aliphatic heterocycles. The van der Waals surface area contributed by atoms with Gasteiger partial charge in [0.25, 0.3) is 0 Å². The predicted molar refractivity (Wildman–Crippen MR) is 106 cm³/mol. The van der Waals surface area contributed by atoms with Crippen molar-refractivity contribution in [3.8, 4) is 17.0 Å². The first-order chi connectivity index (χ1) is 12.5. The molecule has 0 saturated heterocycles. The van der Waals surface area contributed by atoms with Gasteiger partial charge in [0.2, 0.25) is 0 Å². The maximum atomic E-state index is 12.1. The highest BCUT2D eigenvalue weighted by Gasteiger charge is 2.08. The van der Waals surface area contributed by atoms with E-state index in [9.17, 15) is 4.79 Å². The number of anilines is 1. The second kappa shape index (κ2) is 8.01. The van der Waals surface area contributed by atoms with E-state index in [2.05, 4.69) is 15.6 Å². The zero-order valence-corrected chi connectivity index (χ0v) is 15.8. The van der Waals surface area contributed by atoms with Crippen molar-refractivity contribution in [2.45, 2.75) is 20.4 Å². The van der Waals surface area contributed by atoms with Gasteiger partial charge in [-0.25, -0.2) is 9.78 Å². The average Bonchev–Trinajstić information content (AvgIpc) is 3.12. The van der Waals surface area contributed by atoms with Crippen LogP contribution in [-0.4, -0.2) is 18.1 Å². The molecule has 0 unspecified atom stereocenters. The van der Waals surface area contributed by atoms with Crippen molar-refractivity contribution < 1.29 is 9.53 Å². The van der Waals surface area contributed by atoms with Gasteiger partial charge in [0.15, 0.2) is 0 Å². The van der Waals surface area contributed by atoms with Gasteiger partial charge in [-0.05, 0) is 55.3 Å². The third-order valence-corrected chi connectivity index (χ3v) is 4.83. The molecule has 134 valence electrons. The summed E-state index contributed by atoms with van der Waals surface area (Å²) in [5, 5.41) is 8.58. The Morgan fingerprint density at radius 3 is 2.65 bits per heavy atom. The van der Waals surface area contributed by atoms with E-state index in [1.54, 1.807) is 7.11 Å². The van der Waals surface area contributed by atoms with Crippen LogP contribution < -0.4 is 15.4 Å². The van der Waals surface area contributed by atoms with Crippen LogP contribution in [0.4, 0.5) is 10.5 Å². The van der Waals surface area contributed by atoms with Gasteiger partial charge in [-0.15, -0.1) is 11.3 Å². The molecule has 3 rings (SSSR count). The molecule has 1 heterocycles. The minimum Gasteiger partial charge on any atom is -0.497 e. The summed E-state index contributed by atoms with van der Waals surface area (Å²) in [5.41, 5.74) is 4.87. The molecule has 3 aromatic rings. The number of carbonyl (C=O) groups is 1. The number of benzene rings is 2. The van der Waals surface area contributed by atoms with Gasteiger partial charge in [0.1, 0.15) is 10.8 Å². The molecule has 2 N–H and O–H groups in total. The normalized spacial score (nSPS) is 10.4. The minimum atomic E-state index is -0.236. The van der Waals surface area contributed by atoms with E-state index in [-0.39, 0.29) is 6.03 Å². The van der Waals surface area contributed by atoms with Crippen LogP contribution in [-0.2, 0) is 6.54 Å². The lowest BCUT2D eigenvalue weighted by Crippen LogP contribution is -2.28. The molecule has 0 bridgehead atoms. The summed E-state index contributed by atoms with van der Waals surface area (Å²) < 4.78 is 5.17. The van der Waals surface area contributed by atoms with E-state index < -0.39 is 0 Å². The number of urea groups is 1. The summed E-state index contributed by atoms with van der Waals surface area (Å²) in [5.74, 6) is 0.814. The first-order valence-electron chi connectivity index (χ1n) is 8.26. The number of ether oxygens (including phenoxy) is 1. The molecule has 0 fully saturated rings. The van der Waals surface area contributed by atoms with Crippen LogP contribution in [0.1, 0.15) is 16.1 Å². The van der Waals surface area contributed by atoms with Crippen molar-refractivity contribution in [2.24, 2.45) is 0 Å². The zero-order chi connectivity index (χ0) is 18.5. The van der Waals surface area contributed by atoms with Gasteiger partial charge in [-0.1, -0.05) is 12.1 Å². The molecule has 26 heavy (non-hydrogen) atoms. The Kier molecular flexibility index (Phi) is 5.53. The molecule has 2 amide bonds. The molecule has 2 aromatic carbocycles. The second-order valence-corrected chi connectivity index (χ2v) is 6.92. The fourth-order valence-corrected chi connectivity index (χ4v) is 3.22. The summed E-state index contributed by atoms with van der Waals surface area (Å²) in [4.78, 5) is 16.7. The number of methoxy groups -OCH3 is 1. The Balaban J connectivity index is 1.58. The molecule has 0 aliphatic carbocycles. The van der Waals surface area contributed by atoms with Crippen LogP contribution >= 0.6 is 11.3 Å². The molecule has 1 aromatic heterocycles. The standard InChI is InChI=1S/C20H21N3O2S/c1-13-4-5-14(2)17(10-13)23-20(24)21-11-19-22-18(12-26-19)15-6-8-16(25-3)9-7-15/h4-10,12H,11H2,1-3H3,(H2,21,23,24). The Labute approximate surface area is 157 Å². The van der Waals surface area contributed by atoms with Crippen molar-refractivity contribution in [2.75, 3.05) is 12.4 Å². The molecule has 0 aliphatic rings. The molecule has 0 atom stereocenters. The number of thiazole rings is 1. The maximum absolute atomic E-state index is 12.1. The second-order valence-electron chi connectivity index (χ2n) is 5.98. The number of rotatable bonds is 5. The first-order valence-corrected chi connectivity index (χ1v) is 9.14. The van der Waals surface area contributed by atoms with E-state index >= 15 is 0 Å². The quantitative estimate of drug-likeness (QED) is 0.683. The van der Waals surface area contributed by atoms with Crippen LogP contribution in [0.25, 0.3) is 11.3 Å². The summed E-state index contributed by atoms with van der Waals surface area (Å²) in [6.45, 7) is 4.35. The highest BCUT2D eigenvalue weighted by atomic mass is 32.1. The highest BCUT2D eigenvalue weighted by molar-refractivity contribution is 7.09. The van der Waals surface area contributed by atoms with Crippen LogP contribution in [0.2, 0.25) is 0 Å². The molecule has 0 spiro atoms. The molecule has 5 nitrogen and oxygen atoms in total. The maximum Gasteiger partial charge on any atom is 0.319 e. The lowest BCUT2D eigenvalue weighted by atomic mass is 10.1. The SMILES string of the molecule is COc1ccc(-c2csc(CNC(=O)Nc3cc(C)ccc3C)n2)cc1. The van der Waals surface area contributed by atoms with Crippen LogP contribution in [0.5, 0.6) is 5.75 Å². The monoisotopic (exact) mass is 367 g/mol. The van der Waals surface area contributed by atoms with Gasteiger partial charge in [0, 0.05) is 16.6 Å². The zero-order valence-electron chi connectivity index (χ0n) is 15.0. The van der Waals surface area contributed by atoms with Gasteiger partial charge in [0.05, 0.1) is 19.3 Å². The van der Waals surface area contributed by atoms with Crippen molar-refractivity contribution in [3.05, 3.63) is 64.0 Å². The minimum absolute atomic E-state index is 0.236. The van der Waals surface area contributed by atoms with Gasteiger partial charge in [-0.3, -0.25) is 0 Å². The van der Waals surface area contributed by atoms with E-state index in [4.69, 9.17) is 4.74 Å². The Bertz CT molecular complexity index is 904. The fourth-order valence-electron chi connectivity index (χ4n) is 2.48. The van der Waals surface area contributed by atoms with Crippen molar-refractivity contribution in [1.82, 2.24) is 10.3 Å². The van der Waals surface area contributed by atoms with Crippen LogP contribution in [0.3, 0.4) is 0 Å². The summed E-state index contributed by atoms with van der Waals surface area (Å²) in [6, 6.07) is 13.5. The predicted octanol–water partition coefficient (Wildman–Crippen LogP) is 4.76. The first kappa shape index (κ1) is 17.9. The van der Waals surface area contributed by atoms with Gasteiger partial charge in [-0.2, -0.15) is 0 Å². The number of amides is 2. The number of nitrogens with zero attached hydrogens (tertiary/aromatic N) is 1. The van der Waals surface area contributed by atoms with Crippen LogP contribution in [0, 0.1) is 13.8 Å².